The number of carbonyl (C=O) groups is 3. The molecule has 29 heavy (non-hydrogen) atoms. The lowest BCUT2D eigenvalue weighted by molar-refractivity contribution is -0.158. The van der Waals surface area contributed by atoms with Crippen molar-refractivity contribution in [2.45, 2.75) is 78.7 Å². The van der Waals surface area contributed by atoms with Gasteiger partial charge in [-0.1, -0.05) is 26.0 Å². The van der Waals surface area contributed by atoms with E-state index in [-0.39, 0.29) is 40.7 Å². The van der Waals surface area contributed by atoms with E-state index in [0.717, 1.165) is 44.8 Å². The van der Waals surface area contributed by atoms with Crippen LogP contribution in [-0.4, -0.2) is 30.9 Å². The summed E-state index contributed by atoms with van der Waals surface area (Å²) in [7, 11) is 0. The first-order valence-electron chi connectivity index (χ1n) is 11.1. The molecule has 7 atom stereocenters. The van der Waals surface area contributed by atoms with Crippen molar-refractivity contribution in [1.82, 2.24) is 0 Å². The van der Waals surface area contributed by atoms with Crippen LogP contribution in [0.3, 0.4) is 0 Å². The van der Waals surface area contributed by atoms with Crippen LogP contribution in [0.15, 0.2) is 12.2 Å². The summed E-state index contributed by atoms with van der Waals surface area (Å²) in [4.78, 5) is 35.1. The van der Waals surface area contributed by atoms with Crippen LogP contribution in [0, 0.1) is 34.5 Å². The number of aldehydes is 1. The molecule has 3 fully saturated rings. The van der Waals surface area contributed by atoms with Crippen LogP contribution in [0.25, 0.3) is 0 Å². The van der Waals surface area contributed by atoms with E-state index in [1.165, 1.54) is 19.4 Å². The van der Waals surface area contributed by atoms with Gasteiger partial charge < -0.3 is 14.3 Å². The molecule has 0 N–H and O–H groups in total. The fourth-order valence-corrected chi connectivity index (χ4v) is 6.80. The first-order chi connectivity index (χ1) is 13.6. The van der Waals surface area contributed by atoms with Crippen molar-refractivity contribution in [1.29, 1.82) is 0 Å². The van der Waals surface area contributed by atoms with Gasteiger partial charge in [0, 0.05) is 25.7 Å². The van der Waals surface area contributed by atoms with Crippen molar-refractivity contribution in [2.75, 3.05) is 6.61 Å². The van der Waals surface area contributed by atoms with Crippen molar-refractivity contribution in [3.8, 4) is 0 Å². The molecule has 5 nitrogen and oxygen atoms in total. The third kappa shape index (κ3) is 4.02. The fourth-order valence-electron chi connectivity index (χ4n) is 6.80. The average Bonchev–Trinajstić information content (AvgIpc) is 2.96. The van der Waals surface area contributed by atoms with Crippen LogP contribution in [0.5, 0.6) is 0 Å². The van der Waals surface area contributed by atoms with Gasteiger partial charge in [0.05, 0.1) is 6.61 Å². The number of hydrogen-bond donors (Lipinski definition) is 0. The minimum atomic E-state index is -0.283. The van der Waals surface area contributed by atoms with Crippen molar-refractivity contribution in [2.24, 2.45) is 34.5 Å². The van der Waals surface area contributed by atoms with Gasteiger partial charge in [-0.2, -0.15) is 0 Å². The Kier molecular flexibility index (Phi) is 6.26. The molecule has 2 unspecified atom stereocenters. The molecule has 0 radical (unpaired) electrons. The number of ether oxygens (including phenoxy) is 2. The summed E-state index contributed by atoms with van der Waals surface area (Å²) in [5, 5.41) is 0. The highest BCUT2D eigenvalue weighted by atomic mass is 16.5. The van der Waals surface area contributed by atoms with Gasteiger partial charge in [0.25, 0.3) is 0 Å². The van der Waals surface area contributed by atoms with Crippen molar-refractivity contribution in [3.05, 3.63) is 12.2 Å². The van der Waals surface area contributed by atoms with E-state index in [2.05, 4.69) is 20.4 Å². The molecule has 3 aliphatic carbocycles. The van der Waals surface area contributed by atoms with Crippen LogP contribution in [0.1, 0.15) is 72.6 Å². The number of esters is 2. The Hall–Kier alpha value is -1.65. The van der Waals surface area contributed by atoms with E-state index in [9.17, 15) is 14.4 Å². The number of rotatable bonds is 5. The van der Waals surface area contributed by atoms with E-state index in [0.29, 0.717) is 24.9 Å². The lowest BCUT2D eigenvalue weighted by Crippen LogP contribution is -2.52. The van der Waals surface area contributed by atoms with Gasteiger partial charge in [0.2, 0.25) is 0 Å². The number of carbonyl (C=O) groups excluding carboxylic acids is 3. The Labute approximate surface area is 174 Å². The molecule has 0 heterocycles. The zero-order valence-electron chi connectivity index (χ0n) is 18.4. The topological polar surface area (TPSA) is 69.7 Å². The second-order valence-electron chi connectivity index (χ2n) is 10.0. The van der Waals surface area contributed by atoms with E-state index in [1.54, 1.807) is 0 Å². The van der Waals surface area contributed by atoms with Crippen LogP contribution < -0.4 is 0 Å². The Bertz CT molecular complexity index is 685. The van der Waals surface area contributed by atoms with E-state index in [1.807, 2.05) is 0 Å². The van der Waals surface area contributed by atoms with Gasteiger partial charge >= 0.3 is 11.9 Å². The third-order valence-corrected chi connectivity index (χ3v) is 8.58. The molecule has 3 rings (SSSR count). The molecule has 0 saturated heterocycles. The molecule has 0 aliphatic heterocycles. The number of fused-ring (bicyclic) bond motifs is 1. The molecule has 3 aliphatic rings. The first-order valence-corrected chi connectivity index (χ1v) is 11.1. The Morgan fingerprint density at radius 3 is 2.45 bits per heavy atom. The summed E-state index contributed by atoms with van der Waals surface area (Å²) in [6, 6.07) is 0. The van der Waals surface area contributed by atoms with Gasteiger partial charge in [-0.15, -0.1) is 0 Å². The van der Waals surface area contributed by atoms with E-state index < -0.39 is 0 Å². The molecule has 0 amide bonds. The highest BCUT2D eigenvalue weighted by Gasteiger charge is 2.57. The van der Waals surface area contributed by atoms with Crippen molar-refractivity contribution in [3.63, 3.8) is 0 Å². The highest BCUT2D eigenvalue weighted by Crippen LogP contribution is 2.63. The standard InChI is InChI=1S/C24H36O5/c1-15-6-7-21-20(14-28-16(2)26)22(9-11-23(15,21)4)24(5)10-8-19(29-17(3)27)12-18(24)13-25/h13,18-22H,1,6-12,14H2,2-5H3/t18-,19+,20+,21?,22?,23-,24+/m1/s1. The smallest absolute Gasteiger partial charge is 0.302 e. The highest BCUT2D eigenvalue weighted by molar-refractivity contribution is 5.66. The lowest BCUT2D eigenvalue weighted by atomic mass is 9.49. The summed E-state index contributed by atoms with van der Waals surface area (Å²) >= 11 is 0. The van der Waals surface area contributed by atoms with Crippen molar-refractivity contribution < 1.29 is 23.9 Å². The minimum absolute atomic E-state index is 0.100. The van der Waals surface area contributed by atoms with E-state index >= 15 is 0 Å². The van der Waals surface area contributed by atoms with Gasteiger partial charge in [-0.25, -0.2) is 0 Å². The normalized spacial score (nSPS) is 42.1. The predicted octanol–water partition coefficient (Wildman–Crippen LogP) is 4.49. The van der Waals surface area contributed by atoms with Crippen LogP contribution in [0.2, 0.25) is 0 Å². The molecule has 0 aromatic heterocycles. The summed E-state index contributed by atoms with van der Waals surface area (Å²) < 4.78 is 11.0. The maximum Gasteiger partial charge on any atom is 0.302 e. The molecule has 0 aromatic carbocycles. The molecular formula is C24H36O5. The second-order valence-corrected chi connectivity index (χ2v) is 10.0. The minimum Gasteiger partial charge on any atom is -0.466 e. The molecule has 162 valence electrons. The SMILES string of the molecule is C=C1CCC2[C@H](COC(C)=O)C([C@@]3(C)CC[C@H](OC(C)=O)C[C@@H]3C=O)CC[C@]12C. The summed E-state index contributed by atoms with van der Waals surface area (Å²) in [6.07, 6.45) is 7.31. The molecule has 5 heteroatoms. The van der Waals surface area contributed by atoms with Gasteiger partial charge in [-0.05, 0) is 67.6 Å². The Morgan fingerprint density at radius 1 is 1.10 bits per heavy atom. The van der Waals surface area contributed by atoms with Gasteiger partial charge in [-0.3, -0.25) is 9.59 Å². The van der Waals surface area contributed by atoms with E-state index in [4.69, 9.17) is 9.47 Å². The Balaban J connectivity index is 1.87. The van der Waals surface area contributed by atoms with Gasteiger partial charge in [0.1, 0.15) is 12.4 Å². The van der Waals surface area contributed by atoms with Crippen LogP contribution in [-0.2, 0) is 23.9 Å². The molecular weight excluding hydrogens is 368 g/mol. The summed E-state index contributed by atoms with van der Waals surface area (Å²) in [5.41, 5.74) is 1.25. The van der Waals surface area contributed by atoms with Crippen LogP contribution >= 0.6 is 0 Å². The molecule has 0 bridgehead atoms. The molecule has 3 saturated carbocycles. The largest absolute Gasteiger partial charge is 0.466 e. The zero-order chi connectivity index (χ0) is 21.4. The fraction of sp³-hybridized carbons (Fsp3) is 0.792. The van der Waals surface area contributed by atoms with Crippen LogP contribution in [0.4, 0.5) is 0 Å². The predicted molar refractivity (Wildman–Crippen MR) is 110 cm³/mol. The second kappa shape index (κ2) is 8.23. The quantitative estimate of drug-likeness (QED) is 0.384. The van der Waals surface area contributed by atoms with Crippen molar-refractivity contribution >= 4 is 18.2 Å². The number of hydrogen-bond acceptors (Lipinski definition) is 5. The zero-order valence-corrected chi connectivity index (χ0v) is 18.4. The summed E-state index contributed by atoms with van der Waals surface area (Å²) in [5.74, 6) is 0.286. The monoisotopic (exact) mass is 404 g/mol. The average molecular weight is 405 g/mol. The first kappa shape index (κ1) is 22.0. The van der Waals surface area contributed by atoms with Gasteiger partial charge in [0.15, 0.2) is 0 Å². The third-order valence-electron chi connectivity index (χ3n) is 8.58. The lowest BCUT2D eigenvalue weighted by Gasteiger charge is -2.55. The maximum atomic E-state index is 12.1. The molecule has 0 aromatic rings. The maximum absolute atomic E-state index is 12.1. The molecule has 0 spiro atoms. The number of allylic oxidation sites excluding steroid dienone is 1. The summed E-state index contributed by atoms with van der Waals surface area (Å²) in [6.45, 7) is 12.2. The Morgan fingerprint density at radius 2 is 1.83 bits per heavy atom.